The topological polar surface area (TPSA) is 71.9 Å². The third kappa shape index (κ3) is 3.07. The molecule has 0 radical (unpaired) electrons. The maximum Gasteiger partial charge on any atom is 0.180 e. The molecule has 5 rings (SSSR count). The first-order valence-electron chi connectivity index (χ1n) is 9.15. The van der Waals surface area contributed by atoms with Crippen molar-refractivity contribution < 1.29 is 4.74 Å². The first-order valence-corrected chi connectivity index (χ1v) is 9.94. The minimum absolute atomic E-state index is 0.436. The normalized spacial score (nSPS) is 18.8. The number of hydrogen-bond donors (Lipinski definition) is 1. The van der Waals surface area contributed by atoms with Gasteiger partial charge in [0.05, 0.1) is 24.9 Å². The van der Waals surface area contributed by atoms with Gasteiger partial charge in [0.1, 0.15) is 0 Å². The number of aromatic nitrogens is 3. The van der Waals surface area contributed by atoms with Crippen molar-refractivity contribution in [2.24, 2.45) is 0 Å². The van der Waals surface area contributed by atoms with Gasteiger partial charge in [-0.1, -0.05) is 15.9 Å². The number of anilines is 2. The summed E-state index contributed by atoms with van der Waals surface area (Å²) >= 11 is 3.73. The molecule has 0 bridgehead atoms. The second-order valence-corrected chi connectivity index (χ2v) is 7.90. The van der Waals surface area contributed by atoms with E-state index in [1.807, 2.05) is 16.8 Å². The van der Waals surface area contributed by atoms with Crippen LogP contribution in [0.4, 0.5) is 11.5 Å². The molecule has 0 spiro atoms. The zero-order chi connectivity index (χ0) is 18.4. The van der Waals surface area contributed by atoms with Crippen molar-refractivity contribution in [2.45, 2.75) is 6.04 Å². The van der Waals surface area contributed by atoms with E-state index in [9.17, 15) is 0 Å². The smallest absolute Gasteiger partial charge is 0.180 e. The van der Waals surface area contributed by atoms with E-state index in [1.54, 1.807) is 6.20 Å². The van der Waals surface area contributed by atoms with Crippen LogP contribution in [0, 0.1) is 0 Å². The van der Waals surface area contributed by atoms with Crippen LogP contribution in [-0.4, -0.2) is 64.7 Å². The van der Waals surface area contributed by atoms with E-state index in [4.69, 9.17) is 10.5 Å². The van der Waals surface area contributed by atoms with Gasteiger partial charge in [-0.25, -0.2) is 9.97 Å². The third-order valence-electron chi connectivity index (χ3n) is 5.45. The fourth-order valence-electron chi connectivity index (χ4n) is 3.76. The zero-order valence-corrected chi connectivity index (χ0v) is 16.5. The first-order chi connectivity index (χ1) is 13.2. The van der Waals surface area contributed by atoms with Crippen molar-refractivity contribution in [3.8, 4) is 11.3 Å². The van der Waals surface area contributed by atoms with Crippen LogP contribution in [0.2, 0.25) is 0 Å². The molecule has 2 aromatic heterocycles. The van der Waals surface area contributed by atoms with Crippen molar-refractivity contribution >= 4 is 33.1 Å². The Morgan fingerprint density at radius 1 is 1.15 bits per heavy atom. The maximum atomic E-state index is 5.93. The molecule has 140 valence electrons. The summed E-state index contributed by atoms with van der Waals surface area (Å²) in [5.41, 5.74) is 9.77. The number of imidazole rings is 1. The highest BCUT2D eigenvalue weighted by molar-refractivity contribution is 9.10. The molecule has 0 atom stereocenters. The SMILES string of the molecule is Nc1nccn2cc(-c3ccc(N4CCN(C5COC5)CC4)cc3Br)nc12. The summed E-state index contributed by atoms with van der Waals surface area (Å²) in [5, 5.41) is 0. The minimum atomic E-state index is 0.436. The Hall–Kier alpha value is -2.16. The van der Waals surface area contributed by atoms with Crippen LogP contribution in [0.5, 0.6) is 0 Å². The summed E-state index contributed by atoms with van der Waals surface area (Å²) in [6.07, 6.45) is 5.52. The minimum Gasteiger partial charge on any atom is -0.381 e. The highest BCUT2D eigenvalue weighted by Crippen LogP contribution is 2.32. The van der Waals surface area contributed by atoms with E-state index in [1.165, 1.54) is 5.69 Å². The van der Waals surface area contributed by atoms with Gasteiger partial charge in [0, 0.05) is 60.5 Å². The Labute approximate surface area is 165 Å². The lowest BCUT2D eigenvalue weighted by Gasteiger charge is -2.43. The molecule has 2 aliphatic heterocycles. The monoisotopic (exact) mass is 428 g/mol. The van der Waals surface area contributed by atoms with E-state index in [2.05, 4.69) is 53.9 Å². The molecule has 2 aliphatic rings. The summed E-state index contributed by atoms with van der Waals surface area (Å²) in [4.78, 5) is 13.7. The summed E-state index contributed by atoms with van der Waals surface area (Å²) in [6, 6.07) is 7.10. The van der Waals surface area contributed by atoms with Crippen LogP contribution in [-0.2, 0) is 4.74 Å². The summed E-state index contributed by atoms with van der Waals surface area (Å²) in [6.45, 7) is 6.04. The van der Waals surface area contributed by atoms with Crippen molar-refractivity contribution in [1.82, 2.24) is 19.3 Å². The molecule has 0 unspecified atom stereocenters. The van der Waals surface area contributed by atoms with Crippen molar-refractivity contribution in [3.63, 3.8) is 0 Å². The van der Waals surface area contributed by atoms with Crippen molar-refractivity contribution in [2.75, 3.05) is 50.0 Å². The first kappa shape index (κ1) is 17.0. The van der Waals surface area contributed by atoms with Gasteiger partial charge in [-0.15, -0.1) is 0 Å². The van der Waals surface area contributed by atoms with Gasteiger partial charge in [-0.3, -0.25) is 4.90 Å². The fourth-order valence-corrected chi connectivity index (χ4v) is 4.33. The van der Waals surface area contributed by atoms with Crippen LogP contribution in [0.15, 0.2) is 41.3 Å². The Morgan fingerprint density at radius 3 is 2.63 bits per heavy atom. The Kier molecular flexibility index (Phi) is 4.26. The number of nitrogens with zero attached hydrogens (tertiary/aromatic N) is 5. The molecule has 0 amide bonds. The number of halogens is 1. The number of nitrogen functional groups attached to an aromatic ring is 1. The molecule has 2 N–H and O–H groups in total. The molecule has 8 heteroatoms. The van der Waals surface area contributed by atoms with E-state index >= 15 is 0 Å². The average molecular weight is 429 g/mol. The molecule has 7 nitrogen and oxygen atoms in total. The molecule has 2 fully saturated rings. The molecule has 0 aliphatic carbocycles. The molecule has 0 saturated carbocycles. The molecule has 1 aromatic carbocycles. The van der Waals surface area contributed by atoms with E-state index in [0.717, 1.165) is 55.1 Å². The maximum absolute atomic E-state index is 5.93. The summed E-state index contributed by atoms with van der Waals surface area (Å²) < 4.78 is 8.26. The van der Waals surface area contributed by atoms with Gasteiger partial charge in [-0.05, 0) is 18.2 Å². The molecule has 2 saturated heterocycles. The van der Waals surface area contributed by atoms with Gasteiger partial charge in [0.2, 0.25) is 0 Å². The van der Waals surface area contributed by atoms with Gasteiger partial charge in [0.15, 0.2) is 11.5 Å². The third-order valence-corrected chi connectivity index (χ3v) is 6.10. The van der Waals surface area contributed by atoms with Crippen LogP contribution >= 0.6 is 15.9 Å². The predicted molar refractivity (Wildman–Crippen MR) is 109 cm³/mol. The fraction of sp³-hybridized carbons (Fsp3) is 0.368. The lowest BCUT2D eigenvalue weighted by molar-refractivity contribution is -0.0660. The van der Waals surface area contributed by atoms with Gasteiger partial charge >= 0.3 is 0 Å². The number of ether oxygens (including phenoxy) is 1. The number of fused-ring (bicyclic) bond motifs is 1. The van der Waals surface area contributed by atoms with Gasteiger partial charge in [0.25, 0.3) is 0 Å². The van der Waals surface area contributed by atoms with Gasteiger partial charge in [-0.2, -0.15) is 0 Å². The van der Waals surface area contributed by atoms with Crippen LogP contribution in [0.25, 0.3) is 16.9 Å². The second-order valence-electron chi connectivity index (χ2n) is 7.05. The number of nitrogens with two attached hydrogens (primary N) is 1. The standard InChI is InChI=1S/C19H21BrN6O/c20-16-9-13(24-5-7-25(8-6-24)14-11-27-12-14)1-2-15(16)17-10-26-4-3-22-18(21)19(26)23-17/h1-4,9-10,14H,5-8,11-12H2,(H2,21,22). The van der Waals surface area contributed by atoms with Crippen LogP contribution in [0.3, 0.4) is 0 Å². The summed E-state index contributed by atoms with van der Waals surface area (Å²) in [7, 11) is 0. The molecule has 3 aromatic rings. The second kappa shape index (κ2) is 6.78. The van der Waals surface area contributed by atoms with Crippen LogP contribution in [0.1, 0.15) is 0 Å². The molecular formula is C19H21BrN6O. The molecular weight excluding hydrogens is 408 g/mol. The highest BCUT2D eigenvalue weighted by atomic mass is 79.9. The lowest BCUT2D eigenvalue weighted by atomic mass is 10.1. The predicted octanol–water partition coefficient (Wildman–Crippen LogP) is 2.26. The highest BCUT2D eigenvalue weighted by Gasteiger charge is 2.29. The zero-order valence-electron chi connectivity index (χ0n) is 14.9. The molecule has 4 heterocycles. The summed E-state index contributed by atoms with van der Waals surface area (Å²) in [5.74, 6) is 0.436. The quantitative estimate of drug-likeness (QED) is 0.689. The number of rotatable bonds is 3. The Bertz CT molecular complexity index is 977. The number of hydrogen-bond acceptors (Lipinski definition) is 6. The van der Waals surface area contributed by atoms with E-state index in [0.29, 0.717) is 17.5 Å². The van der Waals surface area contributed by atoms with E-state index < -0.39 is 0 Å². The van der Waals surface area contributed by atoms with E-state index in [-0.39, 0.29) is 0 Å². The molecule has 27 heavy (non-hydrogen) atoms. The number of benzene rings is 1. The average Bonchev–Trinajstić information content (AvgIpc) is 3.06. The Balaban J connectivity index is 1.36. The Morgan fingerprint density at radius 2 is 1.96 bits per heavy atom. The number of piperazine rings is 1. The van der Waals surface area contributed by atoms with Crippen LogP contribution < -0.4 is 10.6 Å². The largest absolute Gasteiger partial charge is 0.381 e. The van der Waals surface area contributed by atoms with Crippen molar-refractivity contribution in [1.29, 1.82) is 0 Å². The van der Waals surface area contributed by atoms with Crippen molar-refractivity contribution in [3.05, 3.63) is 41.3 Å². The van der Waals surface area contributed by atoms with Gasteiger partial charge < -0.3 is 19.8 Å². The lowest BCUT2D eigenvalue weighted by Crippen LogP contribution is -2.56.